The number of aromatic nitrogens is 1. The number of ether oxygens (including phenoxy) is 2. The Kier molecular flexibility index (Phi) is 7.34. The molecule has 9 heteroatoms. The zero-order valence-corrected chi connectivity index (χ0v) is 17.8. The highest BCUT2D eigenvalue weighted by Gasteiger charge is 2.20. The van der Waals surface area contributed by atoms with Crippen LogP contribution in [0.2, 0.25) is 0 Å². The Hall–Kier alpha value is -3.72. The van der Waals surface area contributed by atoms with Gasteiger partial charge in [0.2, 0.25) is 0 Å². The Balaban J connectivity index is 1.60. The number of hydrogen-bond donors (Lipinski definition) is 2. The molecule has 0 saturated carbocycles. The minimum Gasteiger partial charge on any atom is -0.457 e. The second-order valence-electron chi connectivity index (χ2n) is 6.46. The lowest BCUT2D eigenvalue weighted by atomic mass is 10.2. The van der Waals surface area contributed by atoms with Gasteiger partial charge < -0.3 is 14.8 Å². The van der Waals surface area contributed by atoms with Gasteiger partial charge in [-0.25, -0.2) is 9.78 Å². The molecule has 0 spiro atoms. The molecule has 1 heterocycles. The number of imide groups is 1. The number of urea groups is 1. The molecular formula is C22H21N3O5S. The Labute approximate surface area is 183 Å². The van der Waals surface area contributed by atoms with Gasteiger partial charge in [-0.1, -0.05) is 30.3 Å². The number of thiazole rings is 1. The molecule has 2 N–H and O–H groups in total. The topological polar surface area (TPSA) is 107 Å². The number of esters is 1. The second-order valence-corrected chi connectivity index (χ2v) is 7.32. The molecule has 3 rings (SSSR count). The first-order valence-corrected chi connectivity index (χ1v) is 10.3. The summed E-state index contributed by atoms with van der Waals surface area (Å²) in [5, 5.41) is 6.79. The van der Waals surface area contributed by atoms with Crippen molar-refractivity contribution in [1.82, 2.24) is 15.6 Å². The van der Waals surface area contributed by atoms with Crippen LogP contribution in [0.3, 0.4) is 0 Å². The standard InChI is InChI=1S/C22H21N3O5S/c1-14(20(27)25-22(28)23-2)29-19(26)12-16-13-31-21(24-16)15-7-6-10-18(11-15)30-17-8-4-3-5-9-17/h3-11,13-14H,12H2,1-2H3,(H2,23,25,27,28)/t14-/m1/s1. The SMILES string of the molecule is CNC(=O)NC(=O)[C@@H](C)OC(=O)Cc1csc(-c2cccc(Oc3ccccc3)c2)n1. The van der Waals surface area contributed by atoms with Crippen molar-refractivity contribution in [2.75, 3.05) is 7.05 Å². The minimum atomic E-state index is -1.10. The minimum absolute atomic E-state index is 0.0890. The number of benzene rings is 2. The lowest BCUT2D eigenvalue weighted by molar-refractivity contribution is -0.153. The van der Waals surface area contributed by atoms with Crippen LogP contribution in [0.4, 0.5) is 4.79 Å². The van der Waals surface area contributed by atoms with E-state index in [2.05, 4.69) is 15.6 Å². The zero-order chi connectivity index (χ0) is 22.2. The predicted molar refractivity (Wildman–Crippen MR) is 116 cm³/mol. The van der Waals surface area contributed by atoms with Crippen molar-refractivity contribution < 1.29 is 23.9 Å². The van der Waals surface area contributed by atoms with E-state index in [9.17, 15) is 14.4 Å². The first-order valence-electron chi connectivity index (χ1n) is 9.44. The van der Waals surface area contributed by atoms with Gasteiger partial charge in [0.25, 0.3) is 5.91 Å². The molecule has 0 aliphatic heterocycles. The molecule has 1 atom stereocenters. The van der Waals surface area contributed by atoms with Crippen molar-refractivity contribution in [2.24, 2.45) is 0 Å². The van der Waals surface area contributed by atoms with Crippen LogP contribution in [0.5, 0.6) is 11.5 Å². The smallest absolute Gasteiger partial charge is 0.321 e. The molecule has 3 amide bonds. The number of hydrogen-bond acceptors (Lipinski definition) is 7. The van der Waals surface area contributed by atoms with Crippen molar-refractivity contribution >= 4 is 29.2 Å². The van der Waals surface area contributed by atoms with Gasteiger partial charge in [-0.3, -0.25) is 14.9 Å². The molecule has 0 radical (unpaired) electrons. The summed E-state index contributed by atoms with van der Waals surface area (Å²) in [6.45, 7) is 1.39. The maximum atomic E-state index is 12.1. The molecule has 0 aliphatic rings. The molecule has 1 aromatic heterocycles. The quantitative estimate of drug-likeness (QED) is 0.546. The number of rotatable bonds is 7. The highest BCUT2D eigenvalue weighted by atomic mass is 32.1. The van der Waals surface area contributed by atoms with E-state index in [1.54, 1.807) is 5.38 Å². The van der Waals surface area contributed by atoms with Gasteiger partial charge in [-0.05, 0) is 31.2 Å². The van der Waals surface area contributed by atoms with Gasteiger partial charge in [0.15, 0.2) is 6.10 Å². The van der Waals surface area contributed by atoms with Gasteiger partial charge in [0, 0.05) is 18.0 Å². The van der Waals surface area contributed by atoms with E-state index in [1.807, 2.05) is 54.6 Å². The number of amides is 3. The number of nitrogens with zero attached hydrogens (tertiary/aromatic N) is 1. The molecule has 8 nitrogen and oxygen atoms in total. The summed E-state index contributed by atoms with van der Waals surface area (Å²) >= 11 is 1.39. The van der Waals surface area contributed by atoms with E-state index in [1.165, 1.54) is 25.3 Å². The van der Waals surface area contributed by atoms with Crippen LogP contribution in [-0.4, -0.2) is 36.0 Å². The Morgan fingerprint density at radius 1 is 1.06 bits per heavy atom. The first-order chi connectivity index (χ1) is 14.9. The monoisotopic (exact) mass is 439 g/mol. The van der Waals surface area contributed by atoms with Gasteiger partial charge >= 0.3 is 12.0 Å². The fourth-order valence-corrected chi connectivity index (χ4v) is 3.37. The van der Waals surface area contributed by atoms with Gasteiger partial charge in [0.1, 0.15) is 16.5 Å². The Morgan fingerprint density at radius 2 is 1.81 bits per heavy atom. The van der Waals surface area contributed by atoms with Crippen molar-refractivity contribution in [3.63, 3.8) is 0 Å². The highest BCUT2D eigenvalue weighted by molar-refractivity contribution is 7.13. The number of carbonyl (C=O) groups is 3. The van der Waals surface area contributed by atoms with Gasteiger partial charge in [-0.2, -0.15) is 0 Å². The van der Waals surface area contributed by atoms with E-state index in [-0.39, 0.29) is 6.42 Å². The van der Waals surface area contributed by atoms with E-state index in [0.29, 0.717) is 11.4 Å². The number of para-hydroxylation sites is 1. The summed E-state index contributed by atoms with van der Waals surface area (Å²) in [4.78, 5) is 39.6. The van der Waals surface area contributed by atoms with Gasteiger partial charge in [0.05, 0.1) is 12.1 Å². The molecule has 2 aromatic carbocycles. The second kappa shape index (κ2) is 10.4. The van der Waals surface area contributed by atoms with Crippen LogP contribution in [0, 0.1) is 0 Å². The van der Waals surface area contributed by atoms with E-state index >= 15 is 0 Å². The maximum absolute atomic E-state index is 12.1. The molecular weight excluding hydrogens is 418 g/mol. The summed E-state index contributed by atoms with van der Waals surface area (Å²) in [5.41, 5.74) is 1.38. The summed E-state index contributed by atoms with van der Waals surface area (Å²) in [5.74, 6) is 0.0899. The van der Waals surface area contributed by atoms with Crippen LogP contribution in [0.15, 0.2) is 60.0 Å². The number of carbonyl (C=O) groups excluding carboxylic acids is 3. The highest BCUT2D eigenvalue weighted by Crippen LogP contribution is 2.29. The fourth-order valence-electron chi connectivity index (χ4n) is 2.55. The maximum Gasteiger partial charge on any atom is 0.321 e. The zero-order valence-electron chi connectivity index (χ0n) is 17.0. The van der Waals surface area contributed by atoms with Crippen LogP contribution in [-0.2, 0) is 20.7 Å². The Morgan fingerprint density at radius 3 is 2.55 bits per heavy atom. The molecule has 31 heavy (non-hydrogen) atoms. The molecule has 0 fully saturated rings. The normalized spacial score (nSPS) is 11.3. The molecule has 0 aliphatic carbocycles. The average Bonchev–Trinajstić information content (AvgIpc) is 3.22. The molecule has 160 valence electrons. The van der Waals surface area contributed by atoms with E-state index in [4.69, 9.17) is 9.47 Å². The van der Waals surface area contributed by atoms with Crippen LogP contribution in [0.1, 0.15) is 12.6 Å². The van der Waals surface area contributed by atoms with Crippen LogP contribution < -0.4 is 15.4 Å². The number of nitrogens with one attached hydrogen (secondary N) is 2. The van der Waals surface area contributed by atoms with E-state index in [0.717, 1.165) is 16.3 Å². The third-order valence-corrected chi connectivity index (χ3v) is 5.02. The summed E-state index contributed by atoms with van der Waals surface area (Å²) in [6.07, 6.45) is -1.19. The van der Waals surface area contributed by atoms with Crippen molar-refractivity contribution in [2.45, 2.75) is 19.4 Å². The molecule has 0 bridgehead atoms. The summed E-state index contributed by atoms with van der Waals surface area (Å²) in [7, 11) is 1.38. The first kappa shape index (κ1) is 22.0. The van der Waals surface area contributed by atoms with Gasteiger partial charge in [-0.15, -0.1) is 11.3 Å². The summed E-state index contributed by atoms with van der Waals surface area (Å²) < 4.78 is 10.9. The van der Waals surface area contributed by atoms with Crippen molar-refractivity contribution in [3.8, 4) is 22.1 Å². The van der Waals surface area contributed by atoms with Crippen LogP contribution in [0.25, 0.3) is 10.6 Å². The van der Waals surface area contributed by atoms with Crippen molar-refractivity contribution in [1.29, 1.82) is 0 Å². The largest absolute Gasteiger partial charge is 0.457 e. The third-order valence-electron chi connectivity index (χ3n) is 4.08. The Bertz CT molecular complexity index is 1070. The summed E-state index contributed by atoms with van der Waals surface area (Å²) in [6, 6.07) is 16.3. The fraction of sp³-hybridized carbons (Fsp3) is 0.182. The predicted octanol–water partition coefficient (Wildman–Crippen LogP) is 3.53. The molecule has 0 unspecified atom stereocenters. The third kappa shape index (κ3) is 6.38. The molecule has 0 saturated heterocycles. The van der Waals surface area contributed by atoms with E-state index < -0.39 is 24.0 Å². The molecule has 3 aromatic rings. The lowest BCUT2D eigenvalue weighted by Gasteiger charge is -2.12. The van der Waals surface area contributed by atoms with Crippen LogP contribution >= 0.6 is 11.3 Å². The van der Waals surface area contributed by atoms with Crippen molar-refractivity contribution in [3.05, 3.63) is 65.7 Å². The average molecular weight is 439 g/mol. The lowest BCUT2D eigenvalue weighted by Crippen LogP contribution is -2.43.